The first-order chi connectivity index (χ1) is 12.3. The van der Waals surface area contributed by atoms with Gasteiger partial charge in [0.05, 0.1) is 26.3 Å². The van der Waals surface area contributed by atoms with Crippen molar-refractivity contribution in [3.05, 3.63) is 89.9 Å². The minimum absolute atomic E-state index is 0.0322. The topological polar surface area (TPSA) is 42.7 Å². The molecule has 0 N–H and O–H groups in total. The molecule has 0 radical (unpaired) electrons. The summed E-state index contributed by atoms with van der Waals surface area (Å²) in [7, 11) is 1.62. The van der Waals surface area contributed by atoms with E-state index in [4.69, 9.17) is 9.15 Å². The summed E-state index contributed by atoms with van der Waals surface area (Å²) in [4.78, 5) is 14.7. The standard InChI is InChI=1S/C21H21NO3/c1-24-20-12-6-5-10-18(20)14-21(23)22(16-19-11-7-13-25-19)15-17-8-3-2-4-9-17/h2-13H,14-16H2,1H3. The Morgan fingerprint density at radius 2 is 1.72 bits per heavy atom. The van der Waals surface area contributed by atoms with E-state index in [0.717, 1.165) is 22.6 Å². The van der Waals surface area contributed by atoms with E-state index in [0.29, 0.717) is 13.1 Å². The zero-order valence-corrected chi connectivity index (χ0v) is 14.2. The molecule has 0 aliphatic carbocycles. The Morgan fingerprint density at radius 1 is 0.960 bits per heavy atom. The monoisotopic (exact) mass is 335 g/mol. The Hall–Kier alpha value is -3.01. The molecule has 4 nitrogen and oxygen atoms in total. The lowest BCUT2D eigenvalue weighted by molar-refractivity contribution is -0.132. The third kappa shape index (κ3) is 4.51. The number of methoxy groups -OCH3 is 1. The number of carbonyl (C=O) groups excluding carboxylic acids is 1. The SMILES string of the molecule is COc1ccccc1CC(=O)N(Cc1ccccc1)Cc1ccco1. The van der Waals surface area contributed by atoms with Gasteiger partial charge >= 0.3 is 0 Å². The van der Waals surface area contributed by atoms with E-state index in [-0.39, 0.29) is 12.3 Å². The van der Waals surface area contributed by atoms with Gasteiger partial charge in [0.15, 0.2) is 0 Å². The summed E-state index contributed by atoms with van der Waals surface area (Å²) in [5.41, 5.74) is 1.97. The van der Waals surface area contributed by atoms with Crippen LogP contribution in [0.3, 0.4) is 0 Å². The van der Waals surface area contributed by atoms with Gasteiger partial charge < -0.3 is 14.1 Å². The van der Waals surface area contributed by atoms with Crippen molar-refractivity contribution in [3.63, 3.8) is 0 Å². The highest BCUT2D eigenvalue weighted by molar-refractivity contribution is 5.79. The van der Waals surface area contributed by atoms with Crippen LogP contribution < -0.4 is 4.74 Å². The molecular weight excluding hydrogens is 314 g/mol. The third-order valence-corrected chi connectivity index (χ3v) is 4.03. The minimum Gasteiger partial charge on any atom is -0.496 e. The van der Waals surface area contributed by atoms with Crippen molar-refractivity contribution < 1.29 is 13.9 Å². The first-order valence-corrected chi connectivity index (χ1v) is 8.22. The molecule has 0 aliphatic rings. The van der Waals surface area contributed by atoms with Gasteiger partial charge in [-0.25, -0.2) is 0 Å². The van der Waals surface area contributed by atoms with E-state index in [1.165, 1.54) is 0 Å². The first kappa shape index (κ1) is 16.8. The second kappa shape index (κ2) is 8.20. The summed E-state index contributed by atoms with van der Waals surface area (Å²) in [5.74, 6) is 1.53. The van der Waals surface area contributed by atoms with Crippen molar-refractivity contribution in [2.24, 2.45) is 0 Å². The van der Waals surface area contributed by atoms with E-state index >= 15 is 0 Å². The first-order valence-electron chi connectivity index (χ1n) is 8.22. The summed E-state index contributed by atoms with van der Waals surface area (Å²) in [6.45, 7) is 0.978. The molecule has 128 valence electrons. The fraction of sp³-hybridized carbons (Fsp3) is 0.190. The lowest BCUT2D eigenvalue weighted by atomic mass is 10.1. The fourth-order valence-electron chi connectivity index (χ4n) is 2.75. The Morgan fingerprint density at radius 3 is 2.44 bits per heavy atom. The lowest BCUT2D eigenvalue weighted by Crippen LogP contribution is -2.31. The molecule has 2 aromatic carbocycles. The maximum absolute atomic E-state index is 12.9. The fourth-order valence-corrected chi connectivity index (χ4v) is 2.75. The highest BCUT2D eigenvalue weighted by Crippen LogP contribution is 2.20. The van der Waals surface area contributed by atoms with Gasteiger partial charge in [0, 0.05) is 12.1 Å². The molecule has 0 atom stereocenters. The summed E-state index contributed by atoms with van der Waals surface area (Å²) in [6.07, 6.45) is 1.91. The van der Waals surface area contributed by atoms with Gasteiger partial charge in [-0.15, -0.1) is 0 Å². The van der Waals surface area contributed by atoms with Crippen molar-refractivity contribution in [1.29, 1.82) is 0 Å². The van der Waals surface area contributed by atoms with E-state index in [1.54, 1.807) is 18.3 Å². The summed E-state index contributed by atoms with van der Waals surface area (Å²) in [5, 5.41) is 0. The zero-order chi connectivity index (χ0) is 17.5. The van der Waals surface area contributed by atoms with Gasteiger partial charge in [0.1, 0.15) is 11.5 Å². The van der Waals surface area contributed by atoms with Crippen LogP contribution in [0.15, 0.2) is 77.4 Å². The molecule has 0 saturated carbocycles. The molecule has 1 aromatic heterocycles. The Bertz CT molecular complexity index is 797. The number of furan rings is 1. The van der Waals surface area contributed by atoms with E-state index in [1.807, 2.05) is 66.7 Å². The molecule has 1 heterocycles. The molecular formula is C21H21NO3. The van der Waals surface area contributed by atoms with Gasteiger partial charge in [-0.3, -0.25) is 4.79 Å². The second-order valence-electron chi connectivity index (χ2n) is 5.80. The number of para-hydroxylation sites is 1. The molecule has 25 heavy (non-hydrogen) atoms. The number of hydrogen-bond acceptors (Lipinski definition) is 3. The van der Waals surface area contributed by atoms with Gasteiger partial charge in [-0.1, -0.05) is 48.5 Å². The van der Waals surface area contributed by atoms with Crippen LogP contribution in [-0.2, 0) is 24.3 Å². The summed E-state index contributed by atoms with van der Waals surface area (Å²) < 4.78 is 10.8. The maximum Gasteiger partial charge on any atom is 0.227 e. The van der Waals surface area contributed by atoms with Crippen molar-refractivity contribution in [1.82, 2.24) is 4.90 Å². The largest absolute Gasteiger partial charge is 0.496 e. The van der Waals surface area contributed by atoms with Crippen molar-refractivity contribution in [3.8, 4) is 5.75 Å². The average Bonchev–Trinajstić information content (AvgIpc) is 3.15. The van der Waals surface area contributed by atoms with Crippen molar-refractivity contribution in [2.75, 3.05) is 7.11 Å². The van der Waals surface area contributed by atoms with Crippen LogP contribution >= 0.6 is 0 Å². The Labute approximate surface area is 147 Å². The zero-order valence-electron chi connectivity index (χ0n) is 14.2. The molecule has 1 amide bonds. The van der Waals surface area contributed by atoms with Crippen LogP contribution in [0.5, 0.6) is 5.75 Å². The summed E-state index contributed by atoms with van der Waals surface area (Å²) in [6, 6.07) is 21.3. The molecule has 0 unspecified atom stereocenters. The van der Waals surface area contributed by atoms with E-state index in [2.05, 4.69) is 0 Å². The smallest absolute Gasteiger partial charge is 0.227 e. The number of rotatable bonds is 7. The van der Waals surface area contributed by atoms with Gasteiger partial charge in [0.25, 0.3) is 0 Å². The summed E-state index contributed by atoms with van der Waals surface area (Å²) >= 11 is 0. The number of benzene rings is 2. The molecule has 4 heteroatoms. The third-order valence-electron chi connectivity index (χ3n) is 4.03. The number of nitrogens with zero attached hydrogens (tertiary/aromatic N) is 1. The van der Waals surface area contributed by atoms with E-state index < -0.39 is 0 Å². The van der Waals surface area contributed by atoms with Crippen LogP contribution in [0.2, 0.25) is 0 Å². The Kier molecular flexibility index (Phi) is 5.52. The highest BCUT2D eigenvalue weighted by Gasteiger charge is 2.18. The second-order valence-corrected chi connectivity index (χ2v) is 5.80. The molecule has 3 rings (SSSR count). The molecule has 0 aliphatic heterocycles. The molecule has 0 saturated heterocycles. The van der Waals surface area contributed by atoms with Crippen LogP contribution in [0.4, 0.5) is 0 Å². The van der Waals surface area contributed by atoms with E-state index in [9.17, 15) is 4.79 Å². The number of amides is 1. The predicted octanol–water partition coefficient (Wildman–Crippen LogP) is 4.06. The number of hydrogen-bond donors (Lipinski definition) is 0. The van der Waals surface area contributed by atoms with Gasteiger partial charge in [-0.05, 0) is 23.8 Å². The Balaban J connectivity index is 1.78. The number of carbonyl (C=O) groups is 1. The predicted molar refractivity (Wildman–Crippen MR) is 96.1 cm³/mol. The van der Waals surface area contributed by atoms with Gasteiger partial charge in [-0.2, -0.15) is 0 Å². The molecule has 0 bridgehead atoms. The minimum atomic E-state index is 0.0322. The maximum atomic E-state index is 12.9. The molecule has 0 fully saturated rings. The highest BCUT2D eigenvalue weighted by atomic mass is 16.5. The average molecular weight is 335 g/mol. The normalized spacial score (nSPS) is 10.4. The quantitative estimate of drug-likeness (QED) is 0.654. The van der Waals surface area contributed by atoms with Crippen molar-refractivity contribution >= 4 is 5.91 Å². The van der Waals surface area contributed by atoms with Crippen LogP contribution in [0, 0.1) is 0 Å². The van der Waals surface area contributed by atoms with Crippen LogP contribution in [0.1, 0.15) is 16.9 Å². The molecule has 3 aromatic rings. The van der Waals surface area contributed by atoms with Crippen LogP contribution in [0.25, 0.3) is 0 Å². The van der Waals surface area contributed by atoms with Gasteiger partial charge in [0.2, 0.25) is 5.91 Å². The number of ether oxygens (including phenoxy) is 1. The van der Waals surface area contributed by atoms with Crippen LogP contribution in [-0.4, -0.2) is 17.9 Å². The lowest BCUT2D eigenvalue weighted by Gasteiger charge is -2.22. The van der Waals surface area contributed by atoms with Crippen molar-refractivity contribution in [2.45, 2.75) is 19.5 Å². The molecule has 0 spiro atoms.